The third-order valence-corrected chi connectivity index (χ3v) is 5.14. The number of rotatable bonds is 10. The van der Waals surface area contributed by atoms with Gasteiger partial charge in [-0.15, -0.1) is 0 Å². The highest BCUT2D eigenvalue weighted by Gasteiger charge is 2.32. The van der Waals surface area contributed by atoms with Gasteiger partial charge in [0.05, 0.1) is 24.4 Å². The number of hydrogen-bond donors (Lipinski definition) is 3. The lowest BCUT2D eigenvalue weighted by Crippen LogP contribution is -2.45. The molecule has 0 aliphatic carbocycles. The molecule has 2 aromatic carbocycles. The summed E-state index contributed by atoms with van der Waals surface area (Å²) in [7, 11) is 0. The summed E-state index contributed by atoms with van der Waals surface area (Å²) in [6.07, 6.45) is 1.45. The molecule has 3 N–H and O–H groups in total. The molecule has 11 heteroatoms. The number of para-hydroxylation sites is 1. The van der Waals surface area contributed by atoms with Gasteiger partial charge < -0.3 is 24.8 Å². The van der Waals surface area contributed by atoms with Crippen molar-refractivity contribution in [2.75, 3.05) is 19.8 Å². The quantitative estimate of drug-likeness (QED) is 0.192. The standard InChI is InChI=1S/C25H25N5O5S/c1-3-33-24(32)22-16(2)28-25(36)29-23(22)19-9-4-5-10-20(19)35-15-21(31)30-27-14-17-7-6-8-18(13-17)34-12-11-26/h4-10,13-14,23H,3,12,15H2,1-2H3,(H,30,31)(H2,28,29,36)/t23-/m1/s1. The van der Waals surface area contributed by atoms with E-state index in [1.165, 1.54) is 6.21 Å². The minimum Gasteiger partial charge on any atom is -0.483 e. The summed E-state index contributed by atoms with van der Waals surface area (Å²) < 4.78 is 16.2. The van der Waals surface area contributed by atoms with Crippen molar-refractivity contribution < 1.29 is 23.8 Å². The minimum atomic E-state index is -0.620. The maximum Gasteiger partial charge on any atom is 0.338 e. The first-order valence-electron chi connectivity index (χ1n) is 11.0. The van der Waals surface area contributed by atoms with Gasteiger partial charge in [0.2, 0.25) is 0 Å². The third-order valence-electron chi connectivity index (χ3n) is 4.92. The number of ether oxygens (including phenoxy) is 3. The largest absolute Gasteiger partial charge is 0.483 e. The van der Waals surface area contributed by atoms with E-state index in [-0.39, 0.29) is 19.8 Å². The number of thiocarbonyl (C=S) groups is 1. The van der Waals surface area contributed by atoms with Gasteiger partial charge >= 0.3 is 5.97 Å². The lowest BCUT2D eigenvalue weighted by molar-refractivity contribution is -0.139. The summed E-state index contributed by atoms with van der Waals surface area (Å²) in [5.74, 6) is -0.0458. The lowest BCUT2D eigenvalue weighted by atomic mass is 9.95. The number of esters is 1. The van der Waals surface area contributed by atoms with E-state index in [1.807, 2.05) is 6.07 Å². The highest BCUT2D eigenvalue weighted by molar-refractivity contribution is 7.80. The molecule has 186 valence electrons. The zero-order valence-corrected chi connectivity index (χ0v) is 20.6. The fourth-order valence-corrected chi connectivity index (χ4v) is 3.68. The Balaban J connectivity index is 1.67. The van der Waals surface area contributed by atoms with Crippen LogP contribution in [0.4, 0.5) is 0 Å². The fourth-order valence-electron chi connectivity index (χ4n) is 3.41. The van der Waals surface area contributed by atoms with Gasteiger partial charge in [-0.25, -0.2) is 10.2 Å². The first-order chi connectivity index (χ1) is 17.4. The molecular weight excluding hydrogens is 482 g/mol. The van der Waals surface area contributed by atoms with Crippen molar-refractivity contribution in [3.63, 3.8) is 0 Å². The van der Waals surface area contributed by atoms with Gasteiger partial charge in [0.25, 0.3) is 5.91 Å². The molecule has 1 amide bonds. The van der Waals surface area contributed by atoms with Gasteiger partial charge in [-0.2, -0.15) is 10.4 Å². The summed E-state index contributed by atoms with van der Waals surface area (Å²) in [4.78, 5) is 25.0. The van der Waals surface area contributed by atoms with Crippen LogP contribution < -0.4 is 25.5 Å². The summed E-state index contributed by atoms with van der Waals surface area (Å²) >= 11 is 5.28. The van der Waals surface area contributed by atoms with E-state index < -0.39 is 17.9 Å². The number of nitriles is 1. The molecule has 0 fully saturated rings. The molecule has 0 radical (unpaired) electrons. The van der Waals surface area contributed by atoms with Crippen molar-refractivity contribution >= 4 is 35.4 Å². The molecule has 1 heterocycles. The van der Waals surface area contributed by atoms with Crippen LogP contribution in [-0.2, 0) is 14.3 Å². The predicted octanol–water partition coefficient (Wildman–Crippen LogP) is 2.47. The molecule has 1 aliphatic heterocycles. The Hall–Kier alpha value is -4.43. The fraction of sp³-hybridized carbons (Fsp3) is 0.240. The number of allylic oxidation sites excluding steroid dienone is 1. The van der Waals surface area contributed by atoms with E-state index in [0.717, 1.165) is 0 Å². The molecule has 0 unspecified atom stereocenters. The van der Waals surface area contributed by atoms with Gasteiger partial charge in [0.1, 0.15) is 17.6 Å². The lowest BCUT2D eigenvalue weighted by Gasteiger charge is -2.30. The Labute approximate surface area is 213 Å². The molecule has 36 heavy (non-hydrogen) atoms. The molecule has 2 aromatic rings. The molecule has 0 aromatic heterocycles. The zero-order chi connectivity index (χ0) is 25.9. The second-order valence-electron chi connectivity index (χ2n) is 7.43. The average molecular weight is 508 g/mol. The Morgan fingerprint density at radius 1 is 1.22 bits per heavy atom. The average Bonchev–Trinajstić information content (AvgIpc) is 2.86. The molecule has 0 bridgehead atoms. The Morgan fingerprint density at radius 3 is 2.81 bits per heavy atom. The number of hydrogen-bond acceptors (Lipinski definition) is 8. The Bertz CT molecular complexity index is 1240. The summed E-state index contributed by atoms with van der Waals surface area (Å²) in [6.45, 7) is 3.32. The second kappa shape index (κ2) is 12.9. The van der Waals surface area contributed by atoms with Crippen molar-refractivity contribution in [2.45, 2.75) is 19.9 Å². The Kier molecular flexibility index (Phi) is 9.36. The predicted molar refractivity (Wildman–Crippen MR) is 136 cm³/mol. The van der Waals surface area contributed by atoms with Gasteiger partial charge in [-0.1, -0.05) is 30.3 Å². The van der Waals surface area contributed by atoms with Crippen LogP contribution >= 0.6 is 12.2 Å². The SMILES string of the molecule is CCOC(=O)C1=C(C)NC(=S)N[C@@H]1c1ccccc1OCC(=O)NN=Cc1cccc(OCC#N)c1. The van der Waals surface area contributed by atoms with Crippen LogP contribution in [0.2, 0.25) is 0 Å². The maximum absolute atomic E-state index is 12.6. The first-order valence-corrected chi connectivity index (χ1v) is 11.4. The van der Waals surface area contributed by atoms with Gasteiger partial charge in [0, 0.05) is 11.3 Å². The molecule has 0 spiro atoms. The van der Waals surface area contributed by atoms with E-state index in [4.69, 9.17) is 31.7 Å². The van der Waals surface area contributed by atoms with Crippen LogP contribution in [-0.4, -0.2) is 43.0 Å². The smallest absolute Gasteiger partial charge is 0.338 e. The minimum absolute atomic E-state index is 0.0640. The molecule has 1 aliphatic rings. The van der Waals surface area contributed by atoms with Crippen LogP contribution in [0.25, 0.3) is 0 Å². The highest BCUT2D eigenvalue weighted by atomic mass is 32.1. The normalized spacial score (nSPS) is 14.9. The first kappa shape index (κ1) is 26.2. The number of carbonyl (C=O) groups excluding carboxylic acids is 2. The summed E-state index contributed by atoms with van der Waals surface area (Å²) in [5, 5.41) is 18.9. The number of amides is 1. The van der Waals surface area contributed by atoms with Crippen LogP contribution in [0.5, 0.6) is 11.5 Å². The van der Waals surface area contributed by atoms with Crippen molar-refractivity contribution in [2.24, 2.45) is 5.10 Å². The molecule has 0 saturated heterocycles. The number of benzene rings is 2. The van der Waals surface area contributed by atoms with E-state index in [2.05, 4.69) is 21.2 Å². The Morgan fingerprint density at radius 2 is 2.03 bits per heavy atom. The molecule has 10 nitrogen and oxygen atoms in total. The van der Waals surface area contributed by atoms with E-state index in [9.17, 15) is 9.59 Å². The van der Waals surface area contributed by atoms with Crippen molar-refractivity contribution in [1.82, 2.24) is 16.1 Å². The van der Waals surface area contributed by atoms with Crippen molar-refractivity contribution in [3.05, 3.63) is 70.9 Å². The third kappa shape index (κ3) is 7.04. The number of nitrogens with zero attached hydrogens (tertiary/aromatic N) is 2. The summed E-state index contributed by atoms with van der Waals surface area (Å²) in [6, 6.07) is 15.2. The highest BCUT2D eigenvalue weighted by Crippen LogP contribution is 2.33. The maximum atomic E-state index is 12.6. The molecule has 3 rings (SSSR count). The van der Waals surface area contributed by atoms with Crippen LogP contribution in [0.1, 0.15) is 31.0 Å². The van der Waals surface area contributed by atoms with Crippen molar-refractivity contribution in [1.29, 1.82) is 5.26 Å². The van der Waals surface area contributed by atoms with Crippen LogP contribution in [0.15, 0.2) is 64.9 Å². The number of nitrogens with one attached hydrogen (secondary N) is 3. The van der Waals surface area contributed by atoms with E-state index >= 15 is 0 Å². The van der Waals surface area contributed by atoms with E-state index in [0.29, 0.717) is 39.0 Å². The zero-order valence-electron chi connectivity index (χ0n) is 19.7. The molecule has 0 saturated carbocycles. The van der Waals surface area contributed by atoms with Crippen LogP contribution in [0, 0.1) is 11.3 Å². The van der Waals surface area contributed by atoms with Gasteiger partial charge in [-0.3, -0.25) is 4.79 Å². The molecular formula is C25H25N5O5S. The number of carbonyl (C=O) groups is 2. The molecule has 1 atom stereocenters. The van der Waals surface area contributed by atoms with E-state index in [1.54, 1.807) is 62.4 Å². The topological polar surface area (TPSA) is 134 Å². The van der Waals surface area contributed by atoms with Gasteiger partial charge in [0.15, 0.2) is 18.3 Å². The summed E-state index contributed by atoms with van der Waals surface area (Å²) in [5.41, 5.74) is 4.65. The van der Waals surface area contributed by atoms with Crippen LogP contribution in [0.3, 0.4) is 0 Å². The monoisotopic (exact) mass is 507 g/mol. The van der Waals surface area contributed by atoms with Gasteiger partial charge in [-0.05, 0) is 49.8 Å². The van der Waals surface area contributed by atoms with Crippen molar-refractivity contribution in [3.8, 4) is 17.6 Å². The number of hydrazone groups is 1. The second-order valence-corrected chi connectivity index (χ2v) is 7.84.